The van der Waals surface area contributed by atoms with Crippen LogP contribution in [0.1, 0.15) is 51.4 Å². The number of benzene rings is 1. The standard InChI is InChI=1S/C20H28N2O5S/c23-19(15-27-20(24)12-7-16-5-1-2-6-16)21-17-8-10-18(11-9-17)28(25,26)22-13-3-4-14-22/h8-11,16H,1-7,12-15H2,(H,21,23). The predicted octanol–water partition coefficient (Wildman–Crippen LogP) is 2.92. The highest BCUT2D eigenvalue weighted by molar-refractivity contribution is 7.89. The van der Waals surface area contributed by atoms with Gasteiger partial charge in [0.25, 0.3) is 5.91 Å². The van der Waals surface area contributed by atoms with E-state index in [9.17, 15) is 18.0 Å². The van der Waals surface area contributed by atoms with Gasteiger partial charge in [0, 0.05) is 25.2 Å². The molecule has 7 nitrogen and oxygen atoms in total. The van der Waals surface area contributed by atoms with Gasteiger partial charge in [-0.25, -0.2) is 8.42 Å². The number of nitrogens with one attached hydrogen (secondary N) is 1. The molecule has 1 saturated carbocycles. The smallest absolute Gasteiger partial charge is 0.306 e. The van der Waals surface area contributed by atoms with Gasteiger partial charge in [-0.05, 0) is 49.4 Å². The van der Waals surface area contributed by atoms with E-state index < -0.39 is 15.9 Å². The Morgan fingerprint density at radius 1 is 1.04 bits per heavy atom. The number of ether oxygens (including phenoxy) is 1. The van der Waals surface area contributed by atoms with Gasteiger partial charge in [0.1, 0.15) is 0 Å². The minimum Gasteiger partial charge on any atom is -0.456 e. The molecule has 1 aromatic carbocycles. The summed E-state index contributed by atoms with van der Waals surface area (Å²) in [6.07, 6.45) is 7.77. The Kier molecular flexibility index (Phi) is 7.07. The summed E-state index contributed by atoms with van der Waals surface area (Å²) in [6, 6.07) is 6.05. The Morgan fingerprint density at radius 3 is 2.32 bits per heavy atom. The van der Waals surface area contributed by atoms with Crippen LogP contribution in [-0.4, -0.2) is 44.3 Å². The lowest BCUT2D eigenvalue weighted by Gasteiger charge is -2.15. The number of sulfonamides is 1. The first-order chi connectivity index (χ1) is 13.4. The fourth-order valence-electron chi connectivity index (χ4n) is 3.82. The molecule has 8 heteroatoms. The molecule has 2 fully saturated rings. The molecule has 154 valence electrons. The highest BCUT2D eigenvalue weighted by Gasteiger charge is 2.27. The van der Waals surface area contributed by atoms with E-state index in [4.69, 9.17) is 4.74 Å². The van der Waals surface area contributed by atoms with E-state index in [0.29, 0.717) is 31.1 Å². The number of hydrogen-bond donors (Lipinski definition) is 1. The van der Waals surface area contributed by atoms with Crippen molar-refractivity contribution in [3.63, 3.8) is 0 Å². The van der Waals surface area contributed by atoms with Crippen LogP contribution in [-0.2, 0) is 24.3 Å². The molecule has 0 spiro atoms. The molecule has 3 rings (SSSR count). The minimum absolute atomic E-state index is 0.214. The molecule has 0 aromatic heterocycles. The lowest BCUT2D eigenvalue weighted by molar-refractivity contribution is -0.147. The molecule has 1 amide bonds. The van der Waals surface area contributed by atoms with Crippen LogP contribution in [0.4, 0.5) is 5.69 Å². The zero-order valence-corrected chi connectivity index (χ0v) is 16.9. The van der Waals surface area contributed by atoms with Crippen LogP contribution >= 0.6 is 0 Å². The maximum Gasteiger partial charge on any atom is 0.306 e. The number of rotatable bonds is 8. The lowest BCUT2D eigenvalue weighted by Crippen LogP contribution is -2.27. The summed E-state index contributed by atoms with van der Waals surface area (Å²) in [7, 11) is -3.47. The van der Waals surface area contributed by atoms with Crippen LogP contribution in [0, 0.1) is 5.92 Å². The van der Waals surface area contributed by atoms with Crippen LogP contribution < -0.4 is 5.32 Å². The first-order valence-electron chi connectivity index (χ1n) is 10.0. The van der Waals surface area contributed by atoms with Crippen molar-refractivity contribution in [2.45, 2.75) is 56.3 Å². The topological polar surface area (TPSA) is 92.8 Å². The summed E-state index contributed by atoms with van der Waals surface area (Å²) < 4.78 is 31.5. The van der Waals surface area contributed by atoms with Gasteiger partial charge in [0.05, 0.1) is 4.90 Å². The summed E-state index contributed by atoms with van der Waals surface area (Å²) in [5.41, 5.74) is 0.465. The van der Waals surface area contributed by atoms with Crippen LogP contribution in [0.2, 0.25) is 0 Å². The molecule has 28 heavy (non-hydrogen) atoms. The summed E-state index contributed by atoms with van der Waals surface area (Å²) >= 11 is 0. The third kappa shape index (κ3) is 5.54. The molecule has 0 unspecified atom stereocenters. The molecular formula is C20H28N2O5S. The Balaban J connectivity index is 1.43. The third-order valence-electron chi connectivity index (χ3n) is 5.44. The van der Waals surface area contributed by atoms with Crippen LogP contribution in [0.5, 0.6) is 0 Å². The van der Waals surface area contributed by atoms with Gasteiger partial charge in [0.15, 0.2) is 6.61 Å². The van der Waals surface area contributed by atoms with Gasteiger partial charge < -0.3 is 10.1 Å². The molecule has 0 bridgehead atoms. The van der Waals surface area contributed by atoms with Crippen molar-refractivity contribution in [1.82, 2.24) is 4.31 Å². The predicted molar refractivity (Wildman–Crippen MR) is 105 cm³/mol. The quantitative estimate of drug-likeness (QED) is 0.668. The number of carbonyl (C=O) groups excluding carboxylic acids is 2. The van der Waals surface area contributed by atoms with Gasteiger partial charge in [-0.3, -0.25) is 9.59 Å². The van der Waals surface area contributed by atoms with Crippen LogP contribution in [0.25, 0.3) is 0 Å². The molecule has 1 saturated heterocycles. The number of nitrogens with zero attached hydrogens (tertiary/aromatic N) is 1. The van der Waals surface area contributed by atoms with Gasteiger partial charge in [-0.2, -0.15) is 4.31 Å². The number of anilines is 1. The summed E-state index contributed by atoms with van der Waals surface area (Å²) in [4.78, 5) is 23.9. The van der Waals surface area contributed by atoms with E-state index >= 15 is 0 Å². The second kappa shape index (κ2) is 9.52. The number of esters is 1. The molecule has 1 aliphatic carbocycles. The van der Waals surface area contributed by atoms with Crippen molar-refractivity contribution in [3.8, 4) is 0 Å². The highest BCUT2D eigenvalue weighted by atomic mass is 32.2. The lowest BCUT2D eigenvalue weighted by atomic mass is 10.0. The second-order valence-corrected chi connectivity index (χ2v) is 9.47. The van der Waals surface area contributed by atoms with E-state index in [1.807, 2.05) is 0 Å². The summed E-state index contributed by atoms with van der Waals surface area (Å²) in [5, 5.41) is 2.62. The normalized spacial score (nSPS) is 18.3. The Bertz CT molecular complexity index is 779. The highest BCUT2D eigenvalue weighted by Crippen LogP contribution is 2.28. The average Bonchev–Trinajstić information content (AvgIpc) is 3.39. The second-order valence-electron chi connectivity index (χ2n) is 7.53. The first kappa shape index (κ1) is 20.8. The van der Waals surface area contributed by atoms with E-state index in [1.165, 1.54) is 42.1 Å². The third-order valence-corrected chi connectivity index (χ3v) is 7.35. The molecule has 1 aromatic rings. The molecule has 0 radical (unpaired) electrons. The molecule has 1 heterocycles. The monoisotopic (exact) mass is 408 g/mol. The van der Waals surface area contributed by atoms with Gasteiger partial charge in [-0.1, -0.05) is 25.7 Å². The summed E-state index contributed by atoms with van der Waals surface area (Å²) in [6.45, 7) is 0.761. The SMILES string of the molecule is O=C(COC(=O)CCC1CCCC1)Nc1ccc(S(=O)(=O)N2CCCC2)cc1. The van der Waals surface area contributed by atoms with E-state index in [-0.39, 0.29) is 17.5 Å². The van der Waals surface area contributed by atoms with E-state index in [2.05, 4.69) is 5.32 Å². The zero-order chi connectivity index (χ0) is 20.0. The Hall–Kier alpha value is -1.93. The van der Waals surface area contributed by atoms with E-state index in [1.54, 1.807) is 12.1 Å². The van der Waals surface area contributed by atoms with Crippen molar-refractivity contribution in [1.29, 1.82) is 0 Å². The molecule has 2 aliphatic rings. The van der Waals surface area contributed by atoms with Gasteiger partial charge in [-0.15, -0.1) is 0 Å². The minimum atomic E-state index is -3.47. The average molecular weight is 409 g/mol. The molecule has 1 N–H and O–H groups in total. The van der Waals surface area contributed by atoms with Crippen molar-refractivity contribution < 1.29 is 22.7 Å². The zero-order valence-electron chi connectivity index (χ0n) is 16.1. The van der Waals surface area contributed by atoms with Crippen molar-refractivity contribution in [2.24, 2.45) is 5.92 Å². The fourth-order valence-corrected chi connectivity index (χ4v) is 5.34. The maximum absolute atomic E-state index is 12.5. The Morgan fingerprint density at radius 2 is 1.68 bits per heavy atom. The maximum atomic E-state index is 12.5. The molecular weight excluding hydrogens is 380 g/mol. The number of amides is 1. The van der Waals surface area contributed by atoms with Crippen LogP contribution in [0.15, 0.2) is 29.2 Å². The first-order valence-corrected chi connectivity index (χ1v) is 11.4. The fraction of sp³-hybridized carbons (Fsp3) is 0.600. The van der Waals surface area contributed by atoms with E-state index in [0.717, 1.165) is 19.3 Å². The number of carbonyl (C=O) groups is 2. The van der Waals surface area contributed by atoms with Crippen molar-refractivity contribution in [3.05, 3.63) is 24.3 Å². The molecule has 1 aliphatic heterocycles. The van der Waals surface area contributed by atoms with Crippen molar-refractivity contribution >= 4 is 27.6 Å². The van der Waals surface area contributed by atoms with Gasteiger partial charge in [0.2, 0.25) is 10.0 Å². The number of hydrogen-bond acceptors (Lipinski definition) is 5. The summed E-state index contributed by atoms with van der Waals surface area (Å²) in [5.74, 6) is -0.185. The van der Waals surface area contributed by atoms with Crippen LogP contribution in [0.3, 0.4) is 0 Å². The Labute approximate surface area is 166 Å². The van der Waals surface area contributed by atoms with Gasteiger partial charge >= 0.3 is 5.97 Å². The molecule has 0 atom stereocenters. The van der Waals surface area contributed by atoms with Crippen molar-refractivity contribution in [2.75, 3.05) is 25.0 Å². The largest absolute Gasteiger partial charge is 0.456 e.